The third-order valence-corrected chi connectivity index (χ3v) is 5.77. The summed E-state index contributed by atoms with van der Waals surface area (Å²) >= 11 is 1.73. The third-order valence-electron chi connectivity index (χ3n) is 4.79. The molecule has 2 aliphatic heterocycles. The fourth-order valence-corrected chi connectivity index (χ4v) is 4.37. The van der Waals surface area contributed by atoms with Crippen LogP contribution >= 0.6 is 11.3 Å². The minimum absolute atomic E-state index is 0.0167. The van der Waals surface area contributed by atoms with E-state index in [0.717, 1.165) is 45.3 Å². The Hall–Kier alpha value is -1.40. The highest BCUT2D eigenvalue weighted by molar-refractivity contribution is 7.10. The Kier molecular flexibility index (Phi) is 4.78. The van der Waals surface area contributed by atoms with Gasteiger partial charge in [0.1, 0.15) is 0 Å². The van der Waals surface area contributed by atoms with E-state index in [1.165, 1.54) is 4.88 Å². The van der Waals surface area contributed by atoms with Crippen molar-refractivity contribution in [3.8, 4) is 0 Å². The standard InChI is InChI=1S/C16H23N3O2S/c17-16(21)12-5-8-18(9-6-12)11-15(20)19-7-1-3-13(19)14-4-2-10-22-14/h2,4,10,12-13H,1,3,5-9,11H2,(H2,17,21). The highest BCUT2D eigenvalue weighted by Crippen LogP contribution is 2.34. The van der Waals surface area contributed by atoms with Crippen LogP contribution in [0.15, 0.2) is 17.5 Å². The number of likely N-dealkylation sites (tertiary alicyclic amines) is 2. The maximum absolute atomic E-state index is 12.6. The van der Waals surface area contributed by atoms with Crippen molar-refractivity contribution in [2.45, 2.75) is 31.7 Å². The average Bonchev–Trinajstić information content (AvgIpc) is 3.18. The van der Waals surface area contributed by atoms with Crippen LogP contribution in [0, 0.1) is 5.92 Å². The van der Waals surface area contributed by atoms with Crippen LogP contribution in [-0.4, -0.2) is 47.8 Å². The fourth-order valence-electron chi connectivity index (χ4n) is 3.50. The van der Waals surface area contributed by atoms with Gasteiger partial charge in [-0.15, -0.1) is 11.3 Å². The number of carbonyl (C=O) groups excluding carboxylic acids is 2. The van der Waals surface area contributed by atoms with Crippen molar-refractivity contribution in [2.24, 2.45) is 11.7 Å². The minimum atomic E-state index is -0.205. The van der Waals surface area contributed by atoms with E-state index in [-0.39, 0.29) is 23.8 Å². The average molecular weight is 321 g/mol. The van der Waals surface area contributed by atoms with E-state index in [0.29, 0.717) is 6.54 Å². The van der Waals surface area contributed by atoms with E-state index in [9.17, 15) is 9.59 Å². The summed E-state index contributed by atoms with van der Waals surface area (Å²) in [6, 6.07) is 4.44. The summed E-state index contributed by atoms with van der Waals surface area (Å²) in [6.07, 6.45) is 3.70. The summed E-state index contributed by atoms with van der Waals surface area (Å²) in [5.41, 5.74) is 5.35. The van der Waals surface area contributed by atoms with Gasteiger partial charge in [0, 0.05) is 17.3 Å². The van der Waals surface area contributed by atoms with Crippen LogP contribution in [0.3, 0.4) is 0 Å². The summed E-state index contributed by atoms with van der Waals surface area (Å²) in [6.45, 7) is 2.90. The Balaban J connectivity index is 1.55. The lowest BCUT2D eigenvalue weighted by atomic mass is 9.96. The molecular formula is C16H23N3O2S. The first-order valence-electron chi connectivity index (χ1n) is 7.99. The van der Waals surface area contributed by atoms with Gasteiger partial charge in [-0.2, -0.15) is 0 Å². The summed E-state index contributed by atoms with van der Waals surface area (Å²) in [7, 11) is 0. The summed E-state index contributed by atoms with van der Waals surface area (Å²) in [5.74, 6) is -0.00582. The SMILES string of the molecule is NC(=O)C1CCN(CC(=O)N2CCCC2c2cccs2)CC1. The molecular weight excluding hydrogens is 298 g/mol. The molecule has 1 aromatic rings. The van der Waals surface area contributed by atoms with E-state index in [1.54, 1.807) is 11.3 Å². The van der Waals surface area contributed by atoms with Crippen LogP contribution < -0.4 is 5.73 Å². The molecule has 0 aromatic carbocycles. The van der Waals surface area contributed by atoms with Gasteiger partial charge in [-0.25, -0.2) is 0 Å². The molecule has 0 radical (unpaired) electrons. The van der Waals surface area contributed by atoms with Crippen molar-refractivity contribution in [1.29, 1.82) is 0 Å². The van der Waals surface area contributed by atoms with Gasteiger partial charge < -0.3 is 10.6 Å². The van der Waals surface area contributed by atoms with Crippen molar-refractivity contribution in [2.75, 3.05) is 26.2 Å². The number of thiophene rings is 1. The maximum atomic E-state index is 12.6. The van der Waals surface area contributed by atoms with Crippen LogP contribution in [0.1, 0.15) is 36.6 Å². The van der Waals surface area contributed by atoms with Gasteiger partial charge in [-0.05, 0) is 50.2 Å². The van der Waals surface area contributed by atoms with E-state index >= 15 is 0 Å². The number of nitrogens with zero attached hydrogens (tertiary/aromatic N) is 2. The highest BCUT2D eigenvalue weighted by atomic mass is 32.1. The first-order chi connectivity index (χ1) is 10.6. The lowest BCUT2D eigenvalue weighted by Crippen LogP contribution is -2.44. The first-order valence-corrected chi connectivity index (χ1v) is 8.87. The molecule has 120 valence electrons. The summed E-state index contributed by atoms with van der Waals surface area (Å²) < 4.78 is 0. The molecule has 2 aliphatic rings. The van der Waals surface area contributed by atoms with Crippen LogP contribution in [0.2, 0.25) is 0 Å². The molecule has 2 N–H and O–H groups in total. The quantitative estimate of drug-likeness (QED) is 0.916. The first kappa shape index (κ1) is 15.5. The number of nitrogens with two attached hydrogens (primary N) is 1. The summed E-state index contributed by atoms with van der Waals surface area (Å²) in [5, 5.41) is 2.07. The Morgan fingerprint density at radius 3 is 2.64 bits per heavy atom. The van der Waals surface area contributed by atoms with Gasteiger partial charge in [0.2, 0.25) is 11.8 Å². The lowest BCUT2D eigenvalue weighted by molar-refractivity contribution is -0.133. The molecule has 2 fully saturated rings. The van der Waals surface area contributed by atoms with Crippen molar-refractivity contribution in [1.82, 2.24) is 9.80 Å². The highest BCUT2D eigenvalue weighted by Gasteiger charge is 2.32. The largest absolute Gasteiger partial charge is 0.369 e. The van der Waals surface area contributed by atoms with Crippen LogP contribution in [0.25, 0.3) is 0 Å². The number of primary amides is 1. The second-order valence-electron chi connectivity index (χ2n) is 6.21. The molecule has 0 bridgehead atoms. The number of rotatable bonds is 4. The summed E-state index contributed by atoms with van der Waals surface area (Å²) in [4.78, 5) is 29.3. The molecule has 1 unspecified atom stereocenters. The second kappa shape index (κ2) is 6.79. The molecule has 22 heavy (non-hydrogen) atoms. The van der Waals surface area contributed by atoms with Crippen molar-refractivity contribution >= 4 is 23.2 Å². The number of hydrogen-bond acceptors (Lipinski definition) is 4. The van der Waals surface area contributed by atoms with Gasteiger partial charge in [-0.3, -0.25) is 14.5 Å². The zero-order valence-electron chi connectivity index (χ0n) is 12.7. The van der Waals surface area contributed by atoms with E-state index < -0.39 is 0 Å². The molecule has 0 aliphatic carbocycles. The van der Waals surface area contributed by atoms with Gasteiger partial charge >= 0.3 is 0 Å². The number of carbonyl (C=O) groups is 2. The maximum Gasteiger partial charge on any atom is 0.237 e. The monoisotopic (exact) mass is 321 g/mol. The smallest absolute Gasteiger partial charge is 0.237 e. The van der Waals surface area contributed by atoms with Gasteiger partial charge in [-0.1, -0.05) is 6.07 Å². The molecule has 5 nitrogen and oxygen atoms in total. The van der Waals surface area contributed by atoms with Crippen molar-refractivity contribution in [3.63, 3.8) is 0 Å². The van der Waals surface area contributed by atoms with E-state index in [4.69, 9.17) is 5.73 Å². The zero-order chi connectivity index (χ0) is 15.5. The third kappa shape index (κ3) is 3.33. The van der Waals surface area contributed by atoms with Crippen LogP contribution in [-0.2, 0) is 9.59 Å². The van der Waals surface area contributed by atoms with Crippen LogP contribution in [0.5, 0.6) is 0 Å². The Bertz CT molecular complexity index is 524. The molecule has 1 aromatic heterocycles. The topological polar surface area (TPSA) is 66.6 Å². The Labute approximate surface area is 135 Å². The normalized spacial score (nSPS) is 23.8. The number of piperidine rings is 1. The molecule has 1 atom stereocenters. The van der Waals surface area contributed by atoms with Gasteiger partial charge in [0.25, 0.3) is 0 Å². The molecule has 2 saturated heterocycles. The number of hydrogen-bond donors (Lipinski definition) is 1. The van der Waals surface area contributed by atoms with Crippen LogP contribution in [0.4, 0.5) is 0 Å². The fraction of sp³-hybridized carbons (Fsp3) is 0.625. The minimum Gasteiger partial charge on any atom is -0.369 e. The Morgan fingerprint density at radius 2 is 2.00 bits per heavy atom. The van der Waals surface area contributed by atoms with Gasteiger partial charge in [0.05, 0.1) is 12.6 Å². The zero-order valence-corrected chi connectivity index (χ0v) is 13.6. The van der Waals surface area contributed by atoms with Crippen molar-refractivity contribution < 1.29 is 9.59 Å². The molecule has 0 saturated carbocycles. The predicted molar refractivity (Wildman–Crippen MR) is 86.4 cm³/mol. The molecule has 6 heteroatoms. The second-order valence-corrected chi connectivity index (χ2v) is 7.19. The molecule has 2 amide bonds. The van der Waals surface area contributed by atoms with E-state index in [1.807, 2.05) is 4.90 Å². The van der Waals surface area contributed by atoms with Crippen molar-refractivity contribution in [3.05, 3.63) is 22.4 Å². The predicted octanol–water partition coefficient (Wildman–Crippen LogP) is 1.61. The molecule has 3 heterocycles. The molecule has 0 spiro atoms. The van der Waals surface area contributed by atoms with E-state index in [2.05, 4.69) is 22.4 Å². The van der Waals surface area contributed by atoms with Gasteiger partial charge in [0.15, 0.2) is 0 Å². The number of amides is 2. The molecule has 3 rings (SSSR count). The lowest BCUT2D eigenvalue weighted by Gasteiger charge is -2.32. The Morgan fingerprint density at radius 1 is 1.23 bits per heavy atom.